The molecule has 0 aliphatic carbocycles. The Kier molecular flexibility index (Phi) is 2.51. The molecule has 2 rings (SSSR count). The lowest BCUT2D eigenvalue weighted by Gasteiger charge is -2.10. The van der Waals surface area contributed by atoms with Crippen molar-refractivity contribution in [3.8, 4) is 11.8 Å². The van der Waals surface area contributed by atoms with Crippen LogP contribution in [0.1, 0.15) is 13.8 Å². The van der Waals surface area contributed by atoms with Crippen LogP contribution in [-0.4, -0.2) is 18.7 Å². The Bertz CT molecular complexity index is 378. The molecule has 0 bridgehead atoms. The third kappa shape index (κ3) is 2.21. The summed E-state index contributed by atoms with van der Waals surface area (Å²) in [4.78, 5) is 2.05. The summed E-state index contributed by atoms with van der Waals surface area (Å²) >= 11 is 0. The number of nitriles is 1. The van der Waals surface area contributed by atoms with Gasteiger partial charge in [-0.1, -0.05) is 0 Å². The fourth-order valence-electron chi connectivity index (χ4n) is 1.52. The van der Waals surface area contributed by atoms with E-state index in [9.17, 15) is 0 Å². The van der Waals surface area contributed by atoms with Crippen LogP contribution >= 0.6 is 0 Å². The van der Waals surface area contributed by atoms with Gasteiger partial charge in [0.25, 0.3) is 0 Å². The van der Waals surface area contributed by atoms with Crippen LogP contribution in [0.4, 0.5) is 5.69 Å². The normalized spacial score (nSPS) is 18.8. The standard InChI is InChI=1S/C12H14N2O/c1-9(2)15-12-5-3-10(4-6-12)14-8-11(14)7-13/h3-6,9,11H,8H2,1-2H3. The molecule has 78 valence electrons. The molecule has 0 spiro atoms. The van der Waals surface area contributed by atoms with Gasteiger partial charge >= 0.3 is 0 Å². The Hall–Kier alpha value is -1.69. The molecular weight excluding hydrogens is 188 g/mol. The van der Waals surface area contributed by atoms with Crippen LogP contribution in [0.2, 0.25) is 0 Å². The molecule has 1 unspecified atom stereocenters. The third-order valence-electron chi connectivity index (χ3n) is 2.30. The van der Waals surface area contributed by atoms with Crippen molar-refractivity contribution in [1.29, 1.82) is 5.26 Å². The lowest BCUT2D eigenvalue weighted by atomic mass is 10.3. The van der Waals surface area contributed by atoms with Crippen molar-refractivity contribution >= 4 is 5.69 Å². The van der Waals surface area contributed by atoms with Gasteiger partial charge in [0.1, 0.15) is 11.8 Å². The van der Waals surface area contributed by atoms with Gasteiger partial charge in [-0.2, -0.15) is 5.26 Å². The zero-order valence-corrected chi connectivity index (χ0v) is 8.97. The van der Waals surface area contributed by atoms with Crippen LogP contribution in [0.25, 0.3) is 0 Å². The minimum absolute atomic E-state index is 0.0712. The summed E-state index contributed by atoms with van der Waals surface area (Å²) in [6.45, 7) is 4.86. The van der Waals surface area contributed by atoms with Crippen molar-refractivity contribution < 1.29 is 4.74 Å². The van der Waals surface area contributed by atoms with E-state index in [1.807, 2.05) is 38.1 Å². The smallest absolute Gasteiger partial charge is 0.134 e. The fourth-order valence-corrected chi connectivity index (χ4v) is 1.52. The van der Waals surface area contributed by atoms with Crippen molar-refractivity contribution in [2.75, 3.05) is 11.4 Å². The molecule has 3 heteroatoms. The number of hydrogen-bond acceptors (Lipinski definition) is 3. The summed E-state index contributed by atoms with van der Waals surface area (Å²) in [5.41, 5.74) is 1.10. The molecule has 0 amide bonds. The Labute approximate surface area is 89.9 Å². The predicted octanol–water partition coefficient (Wildman–Crippen LogP) is 2.19. The lowest BCUT2D eigenvalue weighted by molar-refractivity contribution is 0.242. The zero-order valence-electron chi connectivity index (χ0n) is 8.97. The van der Waals surface area contributed by atoms with Crippen molar-refractivity contribution in [3.05, 3.63) is 24.3 Å². The monoisotopic (exact) mass is 202 g/mol. The highest BCUT2D eigenvalue weighted by Crippen LogP contribution is 2.28. The summed E-state index contributed by atoms with van der Waals surface area (Å²) in [6, 6.07) is 10.2. The second-order valence-electron chi connectivity index (χ2n) is 3.96. The van der Waals surface area contributed by atoms with Gasteiger partial charge in [0, 0.05) is 5.69 Å². The molecule has 15 heavy (non-hydrogen) atoms. The molecular formula is C12H14N2O. The lowest BCUT2D eigenvalue weighted by Crippen LogP contribution is -2.05. The number of hydrogen-bond donors (Lipinski definition) is 0. The van der Waals surface area contributed by atoms with Crippen LogP contribution in [0.5, 0.6) is 5.75 Å². The van der Waals surface area contributed by atoms with Gasteiger partial charge in [0.15, 0.2) is 0 Å². The van der Waals surface area contributed by atoms with Gasteiger partial charge in [-0.3, -0.25) is 0 Å². The molecule has 1 atom stereocenters. The maximum absolute atomic E-state index is 8.69. The Morgan fingerprint density at radius 2 is 2.07 bits per heavy atom. The van der Waals surface area contributed by atoms with E-state index in [1.54, 1.807) is 0 Å². The van der Waals surface area contributed by atoms with E-state index >= 15 is 0 Å². The minimum atomic E-state index is 0.0712. The van der Waals surface area contributed by atoms with Gasteiger partial charge in [-0.15, -0.1) is 0 Å². The topological polar surface area (TPSA) is 36.0 Å². The summed E-state index contributed by atoms with van der Waals surface area (Å²) < 4.78 is 5.54. The fraction of sp³-hybridized carbons (Fsp3) is 0.417. The second-order valence-corrected chi connectivity index (χ2v) is 3.96. The van der Waals surface area contributed by atoms with E-state index < -0.39 is 0 Å². The maximum atomic E-state index is 8.69. The Balaban J connectivity index is 2.02. The third-order valence-corrected chi connectivity index (χ3v) is 2.30. The summed E-state index contributed by atoms with van der Waals surface area (Å²) in [5.74, 6) is 0.879. The average molecular weight is 202 g/mol. The molecule has 0 N–H and O–H groups in total. The highest BCUT2D eigenvalue weighted by molar-refractivity contribution is 5.57. The van der Waals surface area contributed by atoms with Crippen LogP contribution in [-0.2, 0) is 0 Å². The first-order valence-electron chi connectivity index (χ1n) is 5.13. The number of anilines is 1. The van der Waals surface area contributed by atoms with E-state index in [2.05, 4.69) is 11.0 Å². The molecule has 0 aromatic heterocycles. The molecule has 1 aliphatic heterocycles. The first-order valence-corrected chi connectivity index (χ1v) is 5.13. The van der Waals surface area contributed by atoms with Crippen LogP contribution < -0.4 is 9.64 Å². The van der Waals surface area contributed by atoms with Crippen LogP contribution in [0.3, 0.4) is 0 Å². The quantitative estimate of drug-likeness (QED) is 0.705. The first kappa shape index (κ1) is 9.85. The number of ether oxygens (including phenoxy) is 1. The highest BCUT2D eigenvalue weighted by atomic mass is 16.5. The van der Waals surface area contributed by atoms with E-state index in [-0.39, 0.29) is 12.1 Å². The summed E-state index contributed by atoms with van der Waals surface area (Å²) in [6.07, 6.45) is 0.198. The van der Waals surface area contributed by atoms with Gasteiger partial charge in [0.2, 0.25) is 0 Å². The predicted molar refractivity (Wildman–Crippen MR) is 59.0 cm³/mol. The van der Waals surface area contributed by atoms with Crippen LogP contribution in [0.15, 0.2) is 24.3 Å². The van der Waals surface area contributed by atoms with Gasteiger partial charge in [0.05, 0.1) is 18.7 Å². The van der Waals surface area contributed by atoms with Crippen LogP contribution in [0, 0.1) is 11.3 Å². The number of nitrogens with zero attached hydrogens (tertiary/aromatic N) is 2. The van der Waals surface area contributed by atoms with Gasteiger partial charge in [-0.05, 0) is 38.1 Å². The SMILES string of the molecule is CC(C)Oc1ccc(N2CC2C#N)cc1. The Morgan fingerprint density at radius 1 is 1.40 bits per heavy atom. The molecule has 1 aromatic carbocycles. The largest absolute Gasteiger partial charge is 0.491 e. The summed E-state index contributed by atoms with van der Waals surface area (Å²) in [7, 11) is 0. The van der Waals surface area contributed by atoms with Gasteiger partial charge < -0.3 is 9.64 Å². The van der Waals surface area contributed by atoms with E-state index in [4.69, 9.17) is 10.00 Å². The molecule has 1 heterocycles. The van der Waals surface area contributed by atoms with Gasteiger partial charge in [-0.25, -0.2) is 0 Å². The molecule has 3 nitrogen and oxygen atoms in total. The molecule has 0 radical (unpaired) electrons. The average Bonchev–Trinajstić information content (AvgIpc) is 2.97. The molecule has 1 aliphatic rings. The van der Waals surface area contributed by atoms with Crippen molar-refractivity contribution in [2.24, 2.45) is 0 Å². The maximum Gasteiger partial charge on any atom is 0.134 e. The van der Waals surface area contributed by atoms with E-state index in [1.165, 1.54) is 0 Å². The Morgan fingerprint density at radius 3 is 2.53 bits per heavy atom. The number of benzene rings is 1. The second kappa shape index (κ2) is 3.82. The summed E-state index contributed by atoms with van der Waals surface area (Å²) in [5, 5.41) is 8.69. The zero-order chi connectivity index (χ0) is 10.8. The molecule has 0 saturated carbocycles. The minimum Gasteiger partial charge on any atom is -0.491 e. The van der Waals surface area contributed by atoms with Crippen molar-refractivity contribution in [2.45, 2.75) is 26.0 Å². The molecule has 1 fully saturated rings. The number of rotatable bonds is 3. The molecule has 1 saturated heterocycles. The van der Waals surface area contributed by atoms with Crippen molar-refractivity contribution in [1.82, 2.24) is 0 Å². The van der Waals surface area contributed by atoms with E-state index in [0.717, 1.165) is 18.0 Å². The molecule has 1 aromatic rings. The van der Waals surface area contributed by atoms with Crippen molar-refractivity contribution in [3.63, 3.8) is 0 Å². The highest BCUT2D eigenvalue weighted by Gasteiger charge is 2.33. The first-order chi connectivity index (χ1) is 7.20. The van der Waals surface area contributed by atoms with E-state index in [0.29, 0.717) is 0 Å².